The molecule has 0 spiro atoms. The van der Waals surface area contributed by atoms with Crippen LogP contribution in [0.25, 0.3) is 5.69 Å². The summed E-state index contributed by atoms with van der Waals surface area (Å²) in [5, 5.41) is 16.7. The molecule has 0 saturated carbocycles. The summed E-state index contributed by atoms with van der Waals surface area (Å²) in [6, 6.07) is 9.21. The van der Waals surface area contributed by atoms with Gasteiger partial charge in [0, 0.05) is 12.2 Å². The third-order valence-corrected chi connectivity index (χ3v) is 2.64. The van der Waals surface area contributed by atoms with E-state index in [-0.39, 0.29) is 11.8 Å². The van der Waals surface area contributed by atoms with Gasteiger partial charge in [-0.2, -0.15) is 5.10 Å². The predicted octanol–water partition coefficient (Wildman–Crippen LogP) is 1.86. The topological polar surface area (TPSA) is 50.1 Å². The van der Waals surface area contributed by atoms with E-state index in [1.54, 1.807) is 18.3 Å². The number of phenols is 1. The summed E-state index contributed by atoms with van der Waals surface area (Å²) in [5.41, 5.74) is 2.04. The van der Waals surface area contributed by atoms with E-state index in [0.717, 1.165) is 11.4 Å². The van der Waals surface area contributed by atoms with Gasteiger partial charge in [-0.25, -0.2) is 4.68 Å². The normalized spacial score (nSPS) is 12.6. The van der Waals surface area contributed by atoms with Crippen molar-refractivity contribution in [2.45, 2.75) is 13.0 Å². The van der Waals surface area contributed by atoms with Crippen molar-refractivity contribution in [1.82, 2.24) is 15.1 Å². The maximum Gasteiger partial charge on any atom is 0.115 e. The largest absolute Gasteiger partial charge is 0.508 e. The van der Waals surface area contributed by atoms with Crippen LogP contribution in [0, 0.1) is 0 Å². The maximum atomic E-state index is 9.24. The number of hydrogen-bond acceptors (Lipinski definition) is 3. The minimum Gasteiger partial charge on any atom is -0.508 e. The smallest absolute Gasteiger partial charge is 0.115 e. The van der Waals surface area contributed by atoms with Crippen molar-refractivity contribution in [3.63, 3.8) is 0 Å². The lowest BCUT2D eigenvalue weighted by molar-refractivity contribution is 0.475. The van der Waals surface area contributed by atoms with Gasteiger partial charge in [0.1, 0.15) is 5.75 Å². The van der Waals surface area contributed by atoms with Crippen molar-refractivity contribution in [2.24, 2.45) is 0 Å². The number of hydrogen-bond donors (Lipinski definition) is 2. The van der Waals surface area contributed by atoms with Crippen LogP contribution in [-0.2, 0) is 0 Å². The number of aromatic nitrogens is 2. The predicted molar refractivity (Wildman–Crippen MR) is 62.7 cm³/mol. The van der Waals surface area contributed by atoms with Crippen molar-refractivity contribution in [3.05, 3.63) is 42.2 Å². The molecule has 0 amide bonds. The number of nitrogens with zero attached hydrogens (tertiary/aromatic N) is 2. The summed E-state index contributed by atoms with van der Waals surface area (Å²) in [7, 11) is 1.92. The molecule has 0 saturated heterocycles. The van der Waals surface area contributed by atoms with Crippen LogP contribution < -0.4 is 5.32 Å². The Morgan fingerprint density at radius 1 is 1.25 bits per heavy atom. The quantitative estimate of drug-likeness (QED) is 0.825. The molecule has 4 nitrogen and oxygen atoms in total. The Kier molecular flexibility index (Phi) is 2.92. The molecule has 0 aliphatic heterocycles. The molecule has 0 radical (unpaired) electrons. The summed E-state index contributed by atoms with van der Waals surface area (Å²) in [5.74, 6) is 0.263. The number of benzene rings is 1. The molecule has 1 unspecified atom stereocenters. The van der Waals surface area contributed by atoms with E-state index in [4.69, 9.17) is 0 Å². The molecule has 0 fully saturated rings. The Hall–Kier alpha value is -1.81. The fraction of sp³-hybridized carbons (Fsp3) is 0.250. The standard InChI is InChI=1S/C12H15N3O/c1-9(13-2)12-7-8-14-15(12)10-3-5-11(16)6-4-10/h3-9,13,16H,1-2H3. The molecule has 0 aliphatic carbocycles. The van der Waals surface area contributed by atoms with Gasteiger partial charge in [-0.05, 0) is 44.3 Å². The molecule has 84 valence electrons. The van der Waals surface area contributed by atoms with Crippen LogP contribution in [0.2, 0.25) is 0 Å². The molecule has 1 atom stereocenters. The molecule has 1 heterocycles. The lowest BCUT2D eigenvalue weighted by Crippen LogP contribution is -2.16. The first-order chi connectivity index (χ1) is 7.72. The Labute approximate surface area is 94.5 Å². The minimum absolute atomic E-state index is 0.233. The van der Waals surface area contributed by atoms with Gasteiger partial charge in [0.2, 0.25) is 0 Å². The van der Waals surface area contributed by atoms with E-state index in [1.165, 1.54) is 0 Å². The monoisotopic (exact) mass is 217 g/mol. The van der Waals surface area contributed by atoms with E-state index < -0.39 is 0 Å². The van der Waals surface area contributed by atoms with Gasteiger partial charge >= 0.3 is 0 Å². The number of nitrogens with one attached hydrogen (secondary N) is 1. The number of phenolic OH excluding ortho intramolecular Hbond substituents is 1. The highest BCUT2D eigenvalue weighted by molar-refractivity contribution is 5.37. The lowest BCUT2D eigenvalue weighted by Gasteiger charge is -2.13. The van der Waals surface area contributed by atoms with Crippen molar-refractivity contribution in [3.8, 4) is 11.4 Å². The fourth-order valence-corrected chi connectivity index (χ4v) is 1.60. The average molecular weight is 217 g/mol. The molecular formula is C12H15N3O. The van der Waals surface area contributed by atoms with Crippen molar-refractivity contribution >= 4 is 0 Å². The summed E-state index contributed by atoms with van der Waals surface area (Å²) >= 11 is 0. The van der Waals surface area contributed by atoms with Crippen LogP contribution in [0.15, 0.2) is 36.5 Å². The zero-order valence-corrected chi connectivity index (χ0v) is 9.38. The highest BCUT2D eigenvalue weighted by Crippen LogP contribution is 2.18. The van der Waals surface area contributed by atoms with E-state index in [9.17, 15) is 5.11 Å². The van der Waals surface area contributed by atoms with Crippen LogP contribution in [0.4, 0.5) is 0 Å². The first kappa shape index (κ1) is 10.7. The summed E-state index contributed by atoms with van der Waals surface area (Å²) in [6.45, 7) is 2.08. The highest BCUT2D eigenvalue weighted by Gasteiger charge is 2.10. The van der Waals surface area contributed by atoms with E-state index in [0.29, 0.717) is 0 Å². The zero-order valence-electron chi connectivity index (χ0n) is 9.38. The Morgan fingerprint density at radius 2 is 1.94 bits per heavy atom. The van der Waals surface area contributed by atoms with Crippen molar-refractivity contribution < 1.29 is 5.11 Å². The Bertz CT molecular complexity index is 461. The van der Waals surface area contributed by atoms with Crippen LogP contribution in [0.3, 0.4) is 0 Å². The van der Waals surface area contributed by atoms with Gasteiger partial charge in [-0.3, -0.25) is 0 Å². The molecule has 1 aromatic heterocycles. The highest BCUT2D eigenvalue weighted by atomic mass is 16.3. The second kappa shape index (κ2) is 4.37. The van der Waals surface area contributed by atoms with Crippen LogP contribution in [0.5, 0.6) is 5.75 Å². The second-order valence-electron chi connectivity index (χ2n) is 3.69. The van der Waals surface area contributed by atoms with Gasteiger partial charge in [-0.1, -0.05) is 0 Å². The Balaban J connectivity index is 2.40. The first-order valence-electron chi connectivity index (χ1n) is 5.23. The fourth-order valence-electron chi connectivity index (χ4n) is 1.60. The van der Waals surface area contributed by atoms with Crippen molar-refractivity contribution in [2.75, 3.05) is 7.05 Å². The van der Waals surface area contributed by atoms with Crippen LogP contribution in [0.1, 0.15) is 18.7 Å². The van der Waals surface area contributed by atoms with Gasteiger partial charge < -0.3 is 10.4 Å². The lowest BCUT2D eigenvalue weighted by atomic mass is 10.2. The zero-order chi connectivity index (χ0) is 11.5. The van der Waals surface area contributed by atoms with E-state index in [2.05, 4.69) is 17.3 Å². The second-order valence-corrected chi connectivity index (χ2v) is 3.69. The minimum atomic E-state index is 0.233. The molecule has 16 heavy (non-hydrogen) atoms. The summed E-state index contributed by atoms with van der Waals surface area (Å²) in [6.07, 6.45) is 1.77. The molecule has 0 bridgehead atoms. The third-order valence-electron chi connectivity index (χ3n) is 2.64. The summed E-state index contributed by atoms with van der Waals surface area (Å²) < 4.78 is 1.86. The molecule has 1 aromatic carbocycles. The van der Waals surface area contributed by atoms with Crippen LogP contribution >= 0.6 is 0 Å². The van der Waals surface area contributed by atoms with Crippen LogP contribution in [-0.4, -0.2) is 21.9 Å². The van der Waals surface area contributed by atoms with E-state index in [1.807, 2.05) is 29.9 Å². The maximum absolute atomic E-state index is 9.24. The SMILES string of the molecule is CNC(C)c1ccnn1-c1ccc(O)cc1. The molecule has 2 rings (SSSR count). The number of aromatic hydroxyl groups is 1. The number of rotatable bonds is 3. The molecule has 0 aliphatic rings. The summed E-state index contributed by atoms with van der Waals surface area (Å²) in [4.78, 5) is 0. The molecule has 2 N–H and O–H groups in total. The first-order valence-corrected chi connectivity index (χ1v) is 5.23. The van der Waals surface area contributed by atoms with Gasteiger partial charge in [0.15, 0.2) is 0 Å². The van der Waals surface area contributed by atoms with E-state index >= 15 is 0 Å². The molecule has 2 aromatic rings. The van der Waals surface area contributed by atoms with Gasteiger partial charge in [0.05, 0.1) is 11.4 Å². The van der Waals surface area contributed by atoms with Crippen molar-refractivity contribution in [1.29, 1.82) is 0 Å². The molecule has 4 heteroatoms. The Morgan fingerprint density at radius 3 is 2.56 bits per heavy atom. The molecular weight excluding hydrogens is 202 g/mol. The third kappa shape index (κ3) is 1.92. The van der Waals surface area contributed by atoms with Gasteiger partial charge in [0.25, 0.3) is 0 Å². The average Bonchev–Trinajstić information content (AvgIpc) is 2.78. The van der Waals surface area contributed by atoms with Gasteiger partial charge in [-0.15, -0.1) is 0 Å².